The summed E-state index contributed by atoms with van der Waals surface area (Å²) in [5.74, 6) is 2.08. The number of hydrogen-bond donors (Lipinski definition) is 1. The largest absolute Gasteiger partial charge is 0.327 e. The minimum absolute atomic E-state index is 0.361. The first kappa shape index (κ1) is 11.0. The summed E-state index contributed by atoms with van der Waals surface area (Å²) in [5, 5.41) is 0. The SMILES string of the molecule is CC(N)C1CCCCN1C1CC2CCC1C2. The number of nitrogens with zero attached hydrogens (tertiary/aromatic N) is 1. The molecule has 1 aliphatic heterocycles. The minimum Gasteiger partial charge on any atom is -0.327 e. The molecular weight excluding hydrogens is 196 g/mol. The van der Waals surface area contributed by atoms with Crippen LogP contribution < -0.4 is 5.73 Å². The predicted molar refractivity (Wildman–Crippen MR) is 67.2 cm³/mol. The third-order valence-electron chi connectivity index (χ3n) is 5.33. The van der Waals surface area contributed by atoms with Crippen LogP contribution in [0.1, 0.15) is 51.9 Å². The Morgan fingerprint density at radius 3 is 2.62 bits per heavy atom. The lowest BCUT2D eigenvalue weighted by molar-refractivity contribution is 0.0527. The van der Waals surface area contributed by atoms with Crippen molar-refractivity contribution in [3.8, 4) is 0 Å². The van der Waals surface area contributed by atoms with E-state index >= 15 is 0 Å². The lowest BCUT2D eigenvalue weighted by Crippen LogP contribution is -2.54. The Kier molecular flexibility index (Phi) is 2.97. The number of fused-ring (bicyclic) bond motifs is 2. The van der Waals surface area contributed by atoms with E-state index in [4.69, 9.17) is 5.73 Å². The molecule has 92 valence electrons. The fraction of sp³-hybridized carbons (Fsp3) is 1.00. The van der Waals surface area contributed by atoms with E-state index in [1.165, 1.54) is 51.5 Å². The second-order valence-electron chi connectivity index (χ2n) is 6.40. The summed E-state index contributed by atoms with van der Waals surface area (Å²) < 4.78 is 0. The van der Waals surface area contributed by atoms with E-state index < -0.39 is 0 Å². The Labute approximate surface area is 99.6 Å². The standard InChI is InChI=1S/C14H26N2/c1-10(15)13-4-2-3-7-16(13)14-9-11-5-6-12(14)8-11/h10-14H,2-9,15H2,1H3. The summed E-state index contributed by atoms with van der Waals surface area (Å²) in [4.78, 5) is 2.80. The van der Waals surface area contributed by atoms with E-state index in [1.807, 2.05) is 0 Å². The summed E-state index contributed by atoms with van der Waals surface area (Å²) in [7, 11) is 0. The van der Waals surface area contributed by atoms with E-state index in [1.54, 1.807) is 0 Å². The zero-order valence-corrected chi connectivity index (χ0v) is 10.6. The Morgan fingerprint density at radius 1 is 1.12 bits per heavy atom. The fourth-order valence-electron chi connectivity index (χ4n) is 4.57. The van der Waals surface area contributed by atoms with Crippen molar-refractivity contribution < 1.29 is 0 Å². The molecule has 0 aromatic carbocycles. The Hall–Kier alpha value is -0.0800. The Bertz CT molecular complexity index is 251. The quantitative estimate of drug-likeness (QED) is 0.777. The minimum atomic E-state index is 0.361. The van der Waals surface area contributed by atoms with Crippen LogP contribution in [0.25, 0.3) is 0 Å². The number of piperidine rings is 1. The zero-order valence-electron chi connectivity index (χ0n) is 10.6. The first-order chi connectivity index (χ1) is 7.75. The summed E-state index contributed by atoms with van der Waals surface area (Å²) in [5.41, 5.74) is 6.18. The van der Waals surface area contributed by atoms with Crippen molar-refractivity contribution >= 4 is 0 Å². The van der Waals surface area contributed by atoms with E-state index in [-0.39, 0.29) is 0 Å². The third kappa shape index (κ3) is 1.80. The molecule has 0 aromatic rings. The van der Waals surface area contributed by atoms with Gasteiger partial charge in [0.05, 0.1) is 0 Å². The second kappa shape index (κ2) is 4.30. The molecule has 3 aliphatic rings. The van der Waals surface area contributed by atoms with E-state index in [9.17, 15) is 0 Å². The van der Waals surface area contributed by atoms with Crippen LogP contribution in [0.15, 0.2) is 0 Å². The molecule has 3 fully saturated rings. The molecular formula is C14H26N2. The van der Waals surface area contributed by atoms with Crippen molar-refractivity contribution in [2.24, 2.45) is 17.6 Å². The summed E-state index contributed by atoms with van der Waals surface area (Å²) in [6, 6.07) is 1.94. The van der Waals surface area contributed by atoms with Crippen molar-refractivity contribution in [1.82, 2.24) is 4.90 Å². The lowest BCUT2D eigenvalue weighted by atomic mass is 9.88. The van der Waals surface area contributed by atoms with Gasteiger partial charge in [-0.2, -0.15) is 0 Å². The van der Waals surface area contributed by atoms with Gasteiger partial charge in [-0.05, 0) is 57.4 Å². The number of rotatable bonds is 2. The summed E-state index contributed by atoms with van der Waals surface area (Å²) in [6.45, 7) is 3.52. The maximum absolute atomic E-state index is 6.18. The number of likely N-dealkylation sites (tertiary alicyclic amines) is 1. The molecule has 2 saturated carbocycles. The molecule has 2 bridgehead atoms. The van der Waals surface area contributed by atoms with Crippen LogP contribution in [0.3, 0.4) is 0 Å². The molecule has 2 heteroatoms. The van der Waals surface area contributed by atoms with Gasteiger partial charge in [-0.1, -0.05) is 12.8 Å². The molecule has 1 heterocycles. The number of hydrogen-bond acceptors (Lipinski definition) is 2. The van der Waals surface area contributed by atoms with Gasteiger partial charge in [-0.15, -0.1) is 0 Å². The maximum Gasteiger partial charge on any atom is 0.0247 e. The molecule has 0 amide bonds. The second-order valence-corrected chi connectivity index (χ2v) is 6.40. The molecule has 16 heavy (non-hydrogen) atoms. The normalized spacial score (nSPS) is 46.1. The topological polar surface area (TPSA) is 29.3 Å². The van der Waals surface area contributed by atoms with Gasteiger partial charge < -0.3 is 5.73 Å². The lowest BCUT2D eigenvalue weighted by Gasteiger charge is -2.44. The van der Waals surface area contributed by atoms with Gasteiger partial charge in [0.1, 0.15) is 0 Å². The fourth-order valence-corrected chi connectivity index (χ4v) is 4.57. The molecule has 0 radical (unpaired) electrons. The van der Waals surface area contributed by atoms with Crippen molar-refractivity contribution in [2.45, 2.75) is 70.0 Å². The van der Waals surface area contributed by atoms with Gasteiger partial charge in [0.25, 0.3) is 0 Å². The van der Waals surface area contributed by atoms with Crippen molar-refractivity contribution in [3.05, 3.63) is 0 Å². The van der Waals surface area contributed by atoms with Crippen LogP contribution in [0.5, 0.6) is 0 Å². The van der Waals surface area contributed by atoms with E-state index in [0.717, 1.165) is 17.9 Å². The van der Waals surface area contributed by atoms with Gasteiger partial charge in [-0.25, -0.2) is 0 Å². The molecule has 2 aliphatic carbocycles. The van der Waals surface area contributed by atoms with E-state index in [2.05, 4.69) is 11.8 Å². The first-order valence-corrected chi connectivity index (χ1v) is 7.27. The summed E-state index contributed by atoms with van der Waals surface area (Å²) in [6.07, 6.45) is 10.1. The highest BCUT2D eigenvalue weighted by Gasteiger charge is 2.44. The maximum atomic E-state index is 6.18. The molecule has 5 atom stereocenters. The van der Waals surface area contributed by atoms with Gasteiger partial charge >= 0.3 is 0 Å². The number of nitrogens with two attached hydrogens (primary N) is 1. The molecule has 5 unspecified atom stereocenters. The first-order valence-electron chi connectivity index (χ1n) is 7.27. The Balaban J connectivity index is 1.71. The van der Waals surface area contributed by atoms with Crippen LogP contribution in [0.2, 0.25) is 0 Å². The van der Waals surface area contributed by atoms with Gasteiger partial charge in [0.2, 0.25) is 0 Å². The zero-order chi connectivity index (χ0) is 11.1. The van der Waals surface area contributed by atoms with Gasteiger partial charge in [-0.3, -0.25) is 4.90 Å². The van der Waals surface area contributed by atoms with E-state index in [0.29, 0.717) is 12.1 Å². The highest BCUT2D eigenvalue weighted by molar-refractivity contribution is 4.99. The van der Waals surface area contributed by atoms with Crippen molar-refractivity contribution in [1.29, 1.82) is 0 Å². The average Bonchev–Trinajstić information content (AvgIpc) is 2.90. The molecule has 2 nitrogen and oxygen atoms in total. The Morgan fingerprint density at radius 2 is 2.00 bits per heavy atom. The van der Waals surface area contributed by atoms with Crippen molar-refractivity contribution in [3.63, 3.8) is 0 Å². The molecule has 0 aromatic heterocycles. The monoisotopic (exact) mass is 222 g/mol. The highest BCUT2D eigenvalue weighted by atomic mass is 15.2. The molecule has 0 spiro atoms. The van der Waals surface area contributed by atoms with Crippen LogP contribution in [0, 0.1) is 11.8 Å². The van der Waals surface area contributed by atoms with Gasteiger partial charge in [0, 0.05) is 18.1 Å². The highest BCUT2D eigenvalue weighted by Crippen LogP contribution is 2.47. The summed E-state index contributed by atoms with van der Waals surface area (Å²) >= 11 is 0. The van der Waals surface area contributed by atoms with Crippen LogP contribution >= 0.6 is 0 Å². The van der Waals surface area contributed by atoms with Crippen LogP contribution in [-0.4, -0.2) is 29.6 Å². The van der Waals surface area contributed by atoms with Crippen LogP contribution in [-0.2, 0) is 0 Å². The third-order valence-corrected chi connectivity index (χ3v) is 5.33. The average molecular weight is 222 g/mol. The smallest absolute Gasteiger partial charge is 0.0247 e. The molecule has 1 saturated heterocycles. The van der Waals surface area contributed by atoms with Crippen LogP contribution in [0.4, 0.5) is 0 Å². The molecule has 2 N–H and O–H groups in total. The van der Waals surface area contributed by atoms with Gasteiger partial charge in [0.15, 0.2) is 0 Å². The van der Waals surface area contributed by atoms with Crippen molar-refractivity contribution in [2.75, 3.05) is 6.54 Å². The molecule has 3 rings (SSSR count). The predicted octanol–water partition coefficient (Wildman–Crippen LogP) is 2.38.